The Labute approximate surface area is 165 Å². The van der Waals surface area contributed by atoms with E-state index in [2.05, 4.69) is 0 Å². The lowest BCUT2D eigenvalue weighted by Crippen LogP contribution is -2.50. The SMILES string of the molecule is CCOc1cc(C(=O)N2CCN(S(=O)(=O)c3ccccc3)CC2)ccc1OC. The summed E-state index contributed by atoms with van der Waals surface area (Å²) in [5, 5.41) is 0. The highest BCUT2D eigenvalue weighted by molar-refractivity contribution is 7.89. The Morgan fingerprint density at radius 3 is 2.29 bits per heavy atom. The summed E-state index contributed by atoms with van der Waals surface area (Å²) in [6, 6.07) is 13.4. The quantitative estimate of drug-likeness (QED) is 0.738. The molecule has 1 aliphatic rings. The Morgan fingerprint density at radius 2 is 1.68 bits per heavy atom. The van der Waals surface area contributed by atoms with Gasteiger partial charge < -0.3 is 14.4 Å². The highest BCUT2D eigenvalue weighted by Gasteiger charge is 2.30. The first-order valence-corrected chi connectivity index (χ1v) is 10.6. The Kier molecular flexibility index (Phi) is 6.21. The predicted molar refractivity (Wildman–Crippen MR) is 105 cm³/mol. The first kappa shape index (κ1) is 20.2. The molecule has 1 heterocycles. The van der Waals surface area contributed by atoms with E-state index in [-0.39, 0.29) is 23.9 Å². The van der Waals surface area contributed by atoms with Gasteiger partial charge in [-0.1, -0.05) is 18.2 Å². The number of benzene rings is 2. The fraction of sp³-hybridized carbons (Fsp3) is 0.350. The van der Waals surface area contributed by atoms with Gasteiger partial charge in [0.15, 0.2) is 11.5 Å². The van der Waals surface area contributed by atoms with E-state index in [1.807, 2.05) is 6.92 Å². The summed E-state index contributed by atoms with van der Waals surface area (Å²) in [7, 11) is -1.99. The maximum Gasteiger partial charge on any atom is 0.254 e. The van der Waals surface area contributed by atoms with E-state index in [0.717, 1.165) is 0 Å². The maximum atomic E-state index is 12.8. The molecule has 2 aromatic carbocycles. The van der Waals surface area contributed by atoms with Crippen molar-refractivity contribution in [1.29, 1.82) is 0 Å². The number of ether oxygens (including phenoxy) is 2. The van der Waals surface area contributed by atoms with Crippen LogP contribution in [0.3, 0.4) is 0 Å². The van der Waals surface area contributed by atoms with Crippen molar-refractivity contribution in [3.05, 3.63) is 54.1 Å². The summed E-state index contributed by atoms with van der Waals surface area (Å²) in [5.74, 6) is 0.929. The van der Waals surface area contributed by atoms with Crippen molar-refractivity contribution < 1.29 is 22.7 Å². The van der Waals surface area contributed by atoms with E-state index < -0.39 is 10.0 Å². The monoisotopic (exact) mass is 404 g/mol. The number of carbonyl (C=O) groups excluding carboxylic acids is 1. The molecule has 8 heteroatoms. The van der Waals surface area contributed by atoms with Gasteiger partial charge in [-0.2, -0.15) is 4.31 Å². The average Bonchev–Trinajstić information content (AvgIpc) is 2.74. The molecule has 0 atom stereocenters. The lowest BCUT2D eigenvalue weighted by atomic mass is 10.1. The molecule has 1 amide bonds. The van der Waals surface area contributed by atoms with Crippen LogP contribution in [-0.2, 0) is 10.0 Å². The van der Waals surface area contributed by atoms with Gasteiger partial charge in [0.05, 0.1) is 18.6 Å². The summed E-state index contributed by atoms with van der Waals surface area (Å²) < 4.78 is 37.6. The summed E-state index contributed by atoms with van der Waals surface area (Å²) in [4.78, 5) is 14.8. The van der Waals surface area contributed by atoms with Gasteiger partial charge >= 0.3 is 0 Å². The zero-order valence-corrected chi connectivity index (χ0v) is 16.8. The number of hydrogen-bond donors (Lipinski definition) is 0. The first-order chi connectivity index (χ1) is 13.5. The molecule has 1 saturated heterocycles. The highest BCUT2D eigenvalue weighted by Crippen LogP contribution is 2.29. The van der Waals surface area contributed by atoms with Crippen LogP contribution >= 0.6 is 0 Å². The largest absolute Gasteiger partial charge is 0.493 e. The molecule has 0 N–H and O–H groups in total. The number of hydrogen-bond acceptors (Lipinski definition) is 5. The van der Waals surface area contributed by atoms with Crippen LogP contribution in [0.2, 0.25) is 0 Å². The van der Waals surface area contributed by atoms with Gasteiger partial charge in [0.2, 0.25) is 10.0 Å². The summed E-state index contributed by atoms with van der Waals surface area (Å²) in [5.41, 5.74) is 0.489. The molecule has 150 valence electrons. The summed E-state index contributed by atoms with van der Waals surface area (Å²) in [6.45, 7) is 3.51. The van der Waals surface area contributed by atoms with Gasteiger partial charge in [-0.3, -0.25) is 4.79 Å². The van der Waals surface area contributed by atoms with E-state index in [9.17, 15) is 13.2 Å². The molecule has 3 rings (SSSR count). The van der Waals surface area contributed by atoms with E-state index in [1.54, 1.807) is 60.5 Å². The lowest BCUT2D eigenvalue weighted by molar-refractivity contribution is 0.0697. The van der Waals surface area contributed by atoms with Crippen LogP contribution in [0.5, 0.6) is 11.5 Å². The third kappa shape index (κ3) is 4.13. The molecule has 0 unspecified atom stereocenters. The normalized spacial score (nSPS) is 15.3. The summed E-state index contributed by atoms with van der Waals surface area (Å²) >= 11 is 0. The molecule has 1 aliphatic heterocycles. The Hall–Kier alpha value is -2.58. The molecular formula is C20H24N2O5S. The second kappa shape index (κ2) is 8.62. The molecule has 0 radical (unpaired) electrons. The van der Waals surface area contributed by atoms with E-state index in [0.29, 0.717) is 36.8 Å². The Balaban J connectivity index is 1.70. The minimum Gasteiger partial charge on any atom is -0.493 e. The van der Waals surface area contributed by atoms with Crippen molar-refractivity contribution in [3.8, 4) is 11.5 Å². The van der Waals surface area contributed by atoms with Crippen LogP contribution in [0.4, 0.5) is 0 Å². The fourth-order valence-corrected chi connectivity index (χ4v) is 4.58. The molecule has 0 saturated carbocycles. The van der Waals surface area contributed by atoms with Crippen LogP contribution in [0.15, 0.2) is 53.4 Å². The molecule has 1 fully saturated rings. The molecule has 28 heavy (non-hydrogen) atoms. The number of nitrogens with zero attached hydrogens (tertiary/aromatic N) is 2. The minimum atomic E-state index is -3.54. The van der Waals surface area contributed by atoms with Crippen LogP contribution in [0.1, 0.15) is 17.3 Å². The second-order valence-electron chi connectivity index (χ2n) is 6.31. The number of piperazine rings is 1. The Bertz CT molecular complexity index is 923. The Morgan fingerprint density at radius 1 is 1.00 bits per heavy atom. The average molecular weight is 404 g/mol. The molecule has 7 nitrogen and oxygen atoms in total. The zero-order valence-electron chi connectivity index (χ0n) is 16.0. The second-order valence-corrected chi connectivity index (χ2v) is 8.25. The number of amides is 1. The topological polar surface area (TPSA) is 76.2 Å². The smallest absolute Gasteiger partial charge is 0.254 e. The van der Waals surface area contributed by atoms with Gasteiger partial charge in [-0.15, -0.1) is 0 Å². The molecular weight excluding hydrogens is 380 g/mol. The third-order valence-corrected chi connectivity index (χ3v) is 6.53. The highest BCUT2D eigenvalue weighted by atomic mass is 32.2. The first-order valence-electron chi connectivity index (χ1n) is 9.12. The van der Waals surface area contributed by atoms with Crippen LogP contribution in [0.25, 0.3) is 0 Å². The molecule has 0 aromatic heterocycles. The molecule has 0 spiro atoms. The predicted octanol–water partition coefficient (Wildman–Crippen LogP) is 2.24. The van der Waals surface area contributed by atoms with Crippen molar-refractivity contribution in [2.75, 3.05) is 39.9 Å². The standard InChI is InChI=1S/C20H24N2O5S/c1-3-27-19-15-16(9-10-18(19)26-2)20(23)21-11-13-22(14-12-21)28(24,25)17-7-5-4-6-8-17/h4-10,15H,3,11-14H2,1-2H3. The molecule has 0 bridgehead atoms. The van der Waals surface area contributed by atoms with Crippen LogP contribution in [-0.4, -0.2) is 63.4 Å². The van der Waals surface area contributed by atoms with Crippen molar-refractivity contribution in [3.63, 3.8) is 0 Å². The van der Waals surface area contributed by atoms with Crippen molar-refractivity contribution >= 4 is 15.9 Å². The minimum absolute atomic E-state index is 0.152. The summed E-state index contributed by atoms with van der Waals surface area (Å²) in [6.07, 6.45) is 0. The van der Waals surface area contributed by atoms with Gasteiger partial charge in [-0.05, 0) is 37.3 Å². The number of methoxy groups -OCH3 is 1. The lowest BCUT2D eigenvalue weighted by Gasteiger charge is -2.34. The van der Waals surface area contributed by atoms with Crippen molar-refractivity contribution in [2.24, 2.45) is 0 Å². The van der Waals surface area contributed by atoms with Gasteiger partial charge in [0.25, 0.3) is 5.91 Å². The number of carbonyl (C=O) groups is 1. The number of rotatable bonds is 6. The zero-order chi connectivity index (χ0) is 20.1. The van der Waals surface area contributed by atoms with Gasteiger partial charge in [0, 0.05) is 31.7 Å². The van der Waals surface area contributed by atoms with Crippen LogP contribution < -0.4 is 9.47 Å². The van der Waals surface area contributed by atoms with Crippen molar-refractivity contribution in [2.45, 2.75) is 11.8 Å². The van der Waals surface area contributed by atoms with Gasteiger partial charge in [-0.25, -0.2) is 8.42 Å². The van der Waals surface area contributed by atoms with Gasteiger partial charge in [0.1, 0.15) is 0 Å². The van der Waals surface area contributed by atoms with E-state index in [4.69, 9.17) is 9.47 Å². The fourth-order valence-electron chi connectivity index (χ4n) is 3.13. The van der Waals surface area contributed by atoms with E-state index in [1.165, 1.54) is 4.31 Å². The van der Waals surface area contributed by atoms with E-state index >= 15 is 0 Å². The number of sulfonamides is 1. The third-order valence-electron chi connectivity index (χ3n) is 4.62. The molecule has 2 aromatic rings. The van der Waals surface area contributed by atoms with Crippen LogP contribution in [0, 0.1) is 0 Å². The van der Waals surface area contributed by atoms with Crippen molar-refractivity contribution in [1.82, 2.24) is 9.21 Å². The molecule has 0 aliphatic carbocycles. The maximum absolute atomic E-state index is 12.8.